The van der Waals surface area contributed by atoms with E-state index in [2.05, 4.69) is 278 Å². The fourth-order valence-corrected chi connectivity index (χ4v) is 21.4. The quantitative estimate of drug-likeness (QED) is 0.128. The van der Waals surface area contributed by atoms with Gasteiger partial charge < -0.3 is 0 Å². The molecule has 0 spiro atoms. The summed E-state index contributed by atoms with van der Waals surface area (Å²) in [7, 11) is 0. The molecule has 3 heteroatoms. The maximum atomic E-state index is 2.71. The second-order valence-corrected chi connectivity index (χ2v) is 29.6. The Morgan fingerprint density at radius 2 is 0.789 bits per heavy atom. The van der Waals surface area contributed by atoms with E-state index in [1.165, 1.54) is 111 Å². The first-order valence-corrected chi connectivity index (χ1v) is 30.5. The molecule has 12 rings (SSSR count). The predicted molar refractivity (Wildman–Crippen MR) is 330 cm³/mol. The Bertz CT molecular complexity index is 3650. The average molecular weight is 1110 g/mol. The van der Waals surface area contributed by atoms with Gasteiger partial charge in [0.15, 0.2) is 0 Å². The van der Waals surface area contributed by atoms with Crippen LogP contribution in [0.5, 0.6) is 0 Å². The van der Waals surface area contributed by atoms with E-state index in [-0.39, 0.29) is 39.3 Å². The van der Waals surface area contributed by atoms with E-state index in [0.29, 0.717) is 0 Å². The Morgan fingerprint density at radius 3 is 1.20 bits per heavy atom. The minimum Gasteiger partial charge on any atom is -0.147 e. The Morgan fingerprint density at radius 1 is 0.395 bits per heavy atom. The molecule has 0 unspecified atom stereocenters. The van der Waals surface area contributed by atoms with Crippen molar-refractivity contribution >= 4 is 49.6 Å². The minimum absolute atomic E-state index is 0. The monoisotopic (exact) mass is 1100 g/mol. The summed E-state index contributed by atoms with van der Waals surface area (Å²) in [6.07, 6.45) is 10.3. The van der Waals surface area contributed by atoms with E-state index in [1.54, 1.807) is 6.49 Å². The number of fused-ring (bicyclic) bond motifs is 5. The van der Waals surface area contributed by atoms with Crippen molar-refractivity contribution in [3.05, 3.63) is 273 Å². The molecule has 0 nitrogen and oxygen atoms in total. The van der Waals surface area contributed by atoms with Crippen LogP contribution >= 0.6 is 24.8 Å². The van der Waals surface area contributed by atoms with Crippen molar-refractivity contribution in [3.63, 3.8) is 0 Å². The van der Waals surface area contributed by atoms with Crippen LogP contribution in [0.1, 0.15) is 85.0 Å². The molecule has 10 aromatic rings. The summed E-state index contributed by atoms with van der Waals surface area (Å²) in [4.78, 5) is 0. The van der Waals surface area contributed by atoms with E-state index >= 15 is 0 Å². The van der Waals surface area contributed by atoms with Gasteiger partial charge in [0, 0.05) is 0 Å². The number of hydrogen-bond donors (Lipinski definition) is 0. The van der Waals surface area contributed by atoms with Crippen molar-refractivity contribution in [3.8, 4) is 55.6 Å². The first-order valence-electron chi connectivity index (χ1n) is 26.7. The maximum Gasteiger partial charge on any atom is -0.147 e. The summed E-state index contributed by atoms with van der Waals surface area (Å²) in [6.45, 7) is 14.5. The van der Waals surface area contributed by atoms with E-state index in [1.807, 2.05) is 0 Å². The summed E-state index contributed by atoms with van der Waals surface area (Å²) in [5, 5.41) is 5.07. The molecule has 0 aliphatic heterocycles. The van der Waals surface area contributed by atoms with Crippen LogP contribution < -0.4 is 0 Å². The van der Waals surface area contributed by atoms with E-state index in [4.69, 9.17) is 0 Å². The van der Waals surface area contributed by atoms with Crippen molar-refractivity contribution in [2.75, 3.05) is 0 Å². The van der Waals surface area contributed by atoms with Crippen LogP contribution in [0.25, 0.3) is 77.2 Å². The SMILES string of the molecule is CC(C)(C)c1cc2c(cc1-c1ccccc1-c1ccc3ccccc3c1)[CH]([Zr]([C]1=CC=CC1)=[C](Cc1ccccc1)Cc1ccccc1)c1cc(-c3ccccc3-c3ccc4ccccc4c3)c(C(C)(C)C)cc1-2.Cl.Cl. The van der Waals surface area contributed by atoms with Gasteiger partial charge in [0.25, 0.3) is 0 Å². The van der Waals surface area contributed by atoms with Crippen LogP contribution in [0.2, 0.25) is 0 Å². The zero-order chi connectivity index (χ0) is 50.6. The normalized spacial score (nSPS) is 12.9. The largest absolute Gasteiger partial charge is 0.147 e. The number of hydrogen-bond acceptors (Lipinski definition) is 0. The molecule has 76 heavy (non-hydrogen) atoms. The molecule has 0 saturated heterocycles. The topological polar surface area (TPSA) is 0 Å². The smallest absolute Gasteiger partial charge is 0.147 e. The first kappa shape index (κ1) is 53.0. The van der Waals surface area contributed by atoms with Gasteiger partial charge in [-0.2, -0.15) is 0 Å². The van der Waals surface area contributed by atoms with Crippen LogP contribution in [0.3, 0.4) is 0 Å². The minimum atomic E-state index is -3.02. The summed E-state index contributed by atoms with van der Waals surface area (Å²) in [5.74, 6) is 0. The van der Waals surface area contributed by atoms with Gasteiger partial charge in [-0.15, -0.1) is 24.8 Å². The first-order chi connectivity index (χ1) is 36.0. The molecule has 2 aliphatic carbocycles. The van der Waals surface area contributed by atoms with Crippen LogP contribution in [0, 0.1) is 0 Å². The Kier molecular flexibility index (Phi) is 15.2. The van der Waals surface area contributed by atoms with Gasteiger partial charge in [-0.3, -0.25) is 0 Å². The van der Waals surface area contributed by atoms with Gasteiger partial charge in [-0.25, -0.2) is 0 Å². The zero-order valence-electron chi connectivity index (χ0n) is 44.5. The molecule has 0 atom stereocenters. The molecule has 376 valence electrons. The molecule has 0 bridgehead atoms. The molecular weight excluding hydrogens is 1040 g/mol. The Hall–Kier alpha value is -6.47. The molecule has 0 radical (unpaired) electrons. The molecule has 0 N–H and O–H groups in total. The zero-order valence-corrected chi connectivity index (χ0v) is 48.6. The maximum absolute atomic E-state index is 3.02. The van der Waals surface area contributed by atoms with Gasteiger partial charge in [-0.1, -0.05) is 0 Å². The third-order valence-corrected chi connectivity index (χ3v) is 24.1. The van der Waals surface area contributed by atoms with Crippen LogP contribution in [-0.2, 0) is 44.9 Å². The molecule has 0 aromatic heterocycles. The molecule has 0 amide bonds. The van der Waals surface area contributed by atoms with E-state index in [0.717, 1.165) is 19.3 Å². The number of rotatable bonds is 10. The van der Waals surface area contributed by atoms with Crippen molar-refractivity contribution in [2.24, 2.45) is 0 Å². The van der Waals surface area contributed by atoms with Crippen LogP contribution in [0.15, 0.2) is 240 Å². The van der Waals surface area contributed by atoms with Gasteiger partial charge >= 0.3 is 450 Å². The van der Waals surface area contributed by atoms with Crippen molar-refractivity contribution in [1.82, 2.24) is 0 Å². The number of benzene rings is 10. The van der Waals surface area contributed by atoms with Gasteiger partial charge in [0.05, 0.1) is 0 Å². The standard InChI is InChI=1S/C53H45.C15H14.C5H5.2ClH.Zr/c1-52(2,3)50-32-46-40(30-48(50)44-21-13-11-19-42(44)38-25-23-34-15-7-9-17-36(34)27-38)29-41-31-49(51(33-47(41)46)53(4,5)6)45-22-14-12-20-43(45)39-26-24-35-16-8-10-18-37(35)28-39;1-3-8-14(9-4-1)12-7-13-15-10-5-2-6-11-15;1-2-4-5-3-1;;;/h7-33H,1-6H3;1-6,8-11H,12-13H2;1-3H,4H2;2*1H;. The number of halogens is 2. The van der Waals surface area contributed by atoms with Crippen LogP contribution in [0.4, 0.5) is 0 Å². The van der Waals surface area contributed by atoms with E-state index in [9.17, 15) is 0 Å². The van der Waals surface area contributed by atoms with Crippen LogP contribution in [-0.4, -0.2) is 3.21 Å². The predicted octanol–water partition coefficient (Wildman–Crippen LogP) is 20.3. The van der Waals surface area contributed by atoms with Crippen molar-refractivity contribution in [2.45, 2.75) is 75.3 Å². The molecular formula is C73H66Cl2Zr. The molecule has 0 saturated carbocycles. The summed E-state index contributed by atoms with van der Waals surface area (Å²) < 4.78 is 3.69. The molecule has 0 heterocycles. The van der Waals surface area contributed by atoms with E-state index < -0.39 is 21.3 Å². The fraction of sp³-hybridized carbons (Fsp3) is 0.164. The summed E-state index contributed by atoms with van der Waals surface area (Å²) >= 11 is -3.02. The summed E-state index contributed by atoms with van der Waals surface area (Å²) in [6, 6.07) is 83.4. The van der Waals surface area contributed by atoms with Gasteiger partial charge in [-0.05, 0) is 0 Å². The third kappa shape index (κ3) is 10.3. The Balaban J connectivity index is 0.00000328. The fourth-order valence-electron chi connectivity index (χ4n) is 12.2. The van der Waals surface area contributed by atoms with Gasteiger partial charge in [0.2, 0.25) is 0 Å². The van der Waals surface area contributed by atoms with Gasteiger partial charge in [0.1, 0.15) is 0 Å². The number of allylic oxidation sites excluding steroid dienone is 4. The molecule has 2 aliphatic rings. The molecule has 10 aromatic carbocycles. The summed E-state index contributed by atoms with van der Waals surface area (Å²) in [5.41, 5.74) is 21.6. The average Bonchev–Trinajstić information content (AvgIpc) is 4.08. The second-order valence-electron chi connectivity index (χ2n) is 22.8. The third-order valence-electron chi connectivity index (χ3n) is 15.8. The van der Waals surface area contributed by atoms with Crippen molar-refractivity contribution < 1.29 is 21.3 Å². The Labute approximate surface area is 471 Å². The van der Waals surface area contributed by atoms with Crippen molar-refractivity contribution in [1.29, 1.82) is 0 Å². The second kappa shape index (κ2) is 21.9. The molecule has 0 fully saturated rings.